The van der Waals surface area contributed by atoms with Crippen molar-refractivity contribution in [3.63, 3.8) is 0 Å². The number of piperazine rings is 1. The molecule has 1 aliphatic carbocycles. The minimum Gasteiger partial charge on any atom is -0.368 e. The standard InChI is InChI=1S/C13H24N4O2/c1-9(13(19)16-10-4-2-3-5-10)17-7-6-15-8-11(17)12(14)18/h9-11,15H,2-8H2,1H3,(H2,14,18)(H,16,19). The van der Waals surface area contributed by atoms with Gasteiger partial charge in [0.1, 0.15) is 6.04 Å². The first kappa shape index (κ1) is 14.3. The molecule has 2 rings (SSSR count). The van der Waals surface area contributed by atoms with Crippen LogP contribution in [0.25, 0.3) is 0 Å². The Labute approximate surface area is 114 Å². The zero-order chi connectivity index (χ0) is 13.8. The Hall–Kier alpha value is -1.14. The van der Waals surface area contributed by atoms with Gasteiger partial charge >= 0.3 is 0 Å². The largest absolute Gasteiger partial charge is 0.368 e. The SMILES string of the molecule is CC(C(=O)NC1CCCC1)N1CCNCC1C(N)=O. The van der Waals surface area contributed by atoms with Crippen molar-refractivity contribution in [3.8, 4) is 0 Å². The fourth-order valence-corrected chi connectivity index (χ4v) is 2.99. The van der Waals surface area contributed by atoms with Gasteiger partial charge in [-0.1, -0.05) is 12.8 Å². The Balaban J connectivity index is 1.93. The van der Waals surface area contributed by atoms with Gasteiger partial charge in [-0.2, -0.15) is 0 Å². The van der Waals surface area contributed by atoms with Gasteiger partial charge in [-0.25, -0.2) is 0 Å². The molecule has 6 nitrogen and oxygen atoms in total. The van der Waals surface area contributed by atoms with Crippen molar-refractivity contribution in [2.45, 2.75) is 50.7 Å². The molecule has 6 heteroatoms. The molecule has 0 aromatic carbocycles. The van der Waals surface area contributed by atoms with E-state index in [1.165, 1.54) is 12.8 Å². The van der Waals surface area contributed by atoms with Crippen LogP contribution in [0.4, 0.5) is 0 Å². The molecule has 19 heavy (non-hydrogen) atoms. The van der Waals surface area contributed by atoms with E-state index in [2.05, 4.69) is 10.6 Å². The average molecular weight is 268 g/mol. The molecular weight excluding hydrogens is 244 g/mol. The van der Waals surface area contributed by atoms with Gasteiger partial charge in [0.15, 0.2) is 0 Å². The van der Waals surface area contributed by atoms with Crippen molar-refractivity contribution in [1.29, 1.82) is 0 Å². The minimum atomic E-state index is -0.391. The van der Waals surface area contributed by atoms with E-state index in [9.17, 15) is 9.59 Å². The Morgan fingerprint density at radius 3 is 2.68 bits per heavy atom. The van der Waals surface area contributed by atoms with Crippen LogP contribution in [0.15, 0.2) is 0 Å². The van der Waals surface area contributed by atoms with Gasteiger partial charge in [-0.15, -0.1) is 0 Å². The second kappa shape index (κ2) is 6.34. The molecule has 0 bridgehead atoms. The van der Waals surface area contributed by atoms with Gasteiger partial charge in [0.05, 0.1) is 6.04 Å². The first-order valence-electron chi connectivity index (χ1n) is 7.15. The molecule has 0 aromatic heterocycles. The molecule has 0 radical (unpaired) electrons. The zero-order valence-electron chi connectivity index (χ0n) is 11.5. The second-order valence-electron chi connectivity index (χ2n) is 5.53. The summed E-state index contributed by atoms with van der Waals surface area (Å²) < 4.78 is 0. The topological polar surface area (TPSA) is 87.5 Å². The molecule has 2 unspecified atom stereocenters. The molecule has 2 aliphatic rings. The Morgan fingerprint density at radius 1 is 1.37 bits per heavy atom. The second-order valence-corrected chi connectivity index (χ2v) is 5.53. The van der Waals surface area contributed by atoms with E-state index in [1.807, 2.05) is 11.8 Å². The van der Waals surface area contributed by atoms with Crippen LogP contribution in [0.1, 0.15) is 32.6 Å². The Kier molecular flexibility index (Phi) is 4.76. The highest BCUT2D eigenvalue weighted by atomic mass is 16.2. The van der Waals surface area contributed by atoms with Crippen molar-refractivity contribution >= 4 is 11.8 Å². The summed E-state index contributed by atoms with van der Waals surface area (Å²) in [6, 6.07) is -0.386. The third kappa shape index (κ3) is 3.45. The molecule has 4 N–H and O–H groups in total. The Morgan fingerprint density at radius 2 is 2.05 bits per heavy atom. The van der Waals surface area contributed by atoms with Crippen LogP contribution in [-0.4, -0.2) is 54.5 Å². The summed E-state index contributed by atoms with van der Waals surface area (Å²) in [6.07, 6.45) is 4.52. The van der Waals surface area contributed by atoms with E-state index < -0.39 is 6.04 Å². The lowest BCUT2D eigenvalue weighted by Gasteiger charge is -2.38. The van der Waals surface area contributed by atoms with Crippen molar-refractivity contribution in [3.05, 3.63) is 0 Å². The van der Waals surface area contributed by atoms with Crippen molar-refractivity contribution in [2.24, 2.45) is 5.73 Å². The molecule has 108 valence electrons. The lowest BCUT2D eigenvalue weighted by molar-refractivity contribution is -0.131. The van der Waals surface area contributed by atoms with Crippen LogP contribution in [0, 0.1) is 0 Å². The van der Waals surface area contributed by atoms with Gasteiger partial charge in [0, 0.05) is 25.7 Å². The number of rotatable bonds is 4. The van der Waals surface area contributed by atoms with E-state index in [4.69, 9.17) is 5.73 Å². The van der Waals surface area contributed by atoms with Crippen LogP contribution in [0.2, 0.25) is 0 Å². The van der Waals surface area contributed by atoms with E-state index >= 15 is 0 Å². The number of hydrogen-bond donors (Lipinski definition) is 3. The average Bonchev–Trinajstić information content (AvgIpc) is 2.90. The maximum Gasteiger partial charge on any atom is 0.237 e. The number of nitrogens with one attached hydrogen (secondary N) is 2. The number of nitrogens with two attached hydrogens (primary N) is 1. The molecule has 1 saturated heterocycles. The van der Waals surface area contributed by atoms with Gasteiger partial charge in [-0.3, -0.25) is 14.5 Å². The number of carbonyl (C=O) groups is 2. The molecule has 1 saturated carbocycles. The first-order valence-corrected chi connectivity index (χ1v) is 7.15. The van der Waals surface area contributed by atoms with Crippen molar-refractivity contribution < 1.29 is 9.59 Å². The van der Waals surface area contributed by atoms with Crippen LogP contribution in [0.5, 0.6) is 0 Å². The highest BCUT2D eigenvalue weighted by Crippen LogP contribution is 2.18. The maximum absolute atomic E-state index is 12.2. The van der Waals surface area contributed by atoms with Crippen molar-refractivity contribution in [1.82, 2.24) is 15.5 Å². The smallest absolute Gasteiger partial charge is 0.237 e. The summed E-state index contributed by atoms with van der Waals surface area (Å²) >= 11 is 0. The summed E-state index contributed by atoms with van der Waals surface area (Å²) in [5, 5.41) is 6.22. The number of carbonyl (C=O) groups excluding carboxylic acids is 2. The van der Waals surface area contributed by atoms with Crippen LogP contribution in [0.3, 0.4) is 0 Å². The Bertz CT molecular complexity index is 342. The lowest BCUT2D eigenvalue weighted by Crippen LogP contribution is -2.62. The lowest BCUT2D eigenvalue weighted by atomic mass is 10.1. The fourth-order valence-electron chi connectivity index (χ4n) is 2.99. The molecular formula is C13H24N4O2. The molecule has 0 aromatic rings. The van der Waals surface area contributed by atoms with E-state index in [1.54, 1.807) is 0 Å². The summed E-state index contributed by atoms with van der Waals surface area (Å²) in [5.74, 6) is -0.354. The predicted molar refractivity (Wildman–Crippen MR) is 72.4 cm³/mol. The summed E-state index contributed by atoms with van der Waals surface area (Å²) in [7, 11) is 0. The number of primary amides is 1. The van der Waals surface area contributed by atoms with Crippen LogP contribution < -0.4 is 16.4 Å². The normalized spacial score (nSPS) is 27.1. The van der Waals surface area contributed by atoms with Gasteiger partial charge < -0.3 is 16.4 Å². The predicted octanol–water partition coefficient (Wildman–Crippen LogP) is -0.807. The monoisotopic (exact) mass is 268 g/mol. The summed E-state index contributed by atoms with van der Waals surface area (Å²) in [5.41, 5.74) is 5.41. The highest BCUT2D eigenvalue weighted by Gasteiger charge is 2.34. The van der Waals surface area contributed by atoms with E-state index in [0.29, 0.717) is 19.1 Å². The summed E-state index contributed by atoms with van der Waals surface area (Å²) in [4.78, 5) is 25.6. The van der Waals surface area contributed by atoms with Crippen LogP contribution in [-0.2, 0) is 9.59 Å². The maximum atomic E-state index is 12.2. The number of amides is 2. The number of nitrogens with zero attached hydrogens (tertiary/aromatic N) is 1. The van der Waals surface area contributed by atoms with E-state index in [0.717, 1.165) is 19.4 Å². The van der Waals surface area contributed by atoms with Gasteiger partial charge in [0.25, 0.3) is 0 Å². The highest BCUT2D eigenvalue weighted by molar-refractivity contribution is 5.84. The van der Waals surface area contributed by atoms with E-state index in [-0.39, 0.29) is 17.9 Å². The quantitative estimate of drug-likeness (QED) is 0.622. The third-order valence-corrected chi connectivity index (χ3v) is 4.19. The van der Waals surface area contributed by atoms with Crippen LogP contribution >= 0.6 is 0 Å². The third-order valence-electron chi connectivity index (χ3n) is 4.19. The molecule has 2 amide bonds. The van der Waals surface area contributed by atoms with Gasteiger partial charge in [0.2, 0.25) is 11.8 Å². The first-order chi connectivity index (χ1) is 9.09. The summed E-state index contributed by atoms with van der Waals surface area (Å²) in [6.45, 7) is 3.83. The zero-order valence-corrected chi connectivity index (χ0v) is 11.5. The fraction of sp³-hybridized carbons (Fsp3) is 0.846. The molecule has 0 spiro atoms. The van der Waals surface area contributed by atoms with Gasteiger partial charge in [-0.05, 0) is 19.8 Å². The molecule has 1 aliphatic heterocycles. The molecule has 2 fully saturated rings. The molecule has 2 atom stereocenters. The minimum absolute atomic E-state index is 0.0139. The number of hydrogen-bond acceptors (Lipinski definition) is 4. The van der Waals surface area contributed by atoms with Crippen molar-refractivity contribution in [2.75, 3.05) is 19.6 Å². The molecule has 1 heterocycles.